The summed E-state index contributed by atoms with van der Waals surface area (Å²) in [5, 5.41) is 10.3. The van der Waals surface area contributed by atoms with Gasteiger partial charge in [-0.2, -0.15) is 0 Å². The number of hydrogen-bond donors (Lipinski definition) is 3. The molecule has 0 spiro atoms. The Balaban J connectivity index is 2.52. The molecular formula is C33H62NO7PS. The van der Waals surface area contributed by atoms with Crippen LogP contribution in [0.5, 0.6) is 0 Å². The van der Waals surface area contributed by atoms with Gasteiger partial charge in [-0.1, -0.05) is 153 Å². The maximum absolute atomic E-state index is 12.9. The lowest BCUT2D eigenvalue weighted by molar-refractivity contribution is 0.0471. The maximum atomic E-state index is 12.9. The Kier molecular flexibility index (Phi) is 23.8. The van der Waals surface area contributed by atoms with E-state index in [0.717, 1.165) is 44.1 Å². The van der Waals surface area contributed by atoms with E-state index >= 15 is 0 Å². The number of aliphatic hydroxyl groups excluding tert-OH is 1. The van der Waals surface area contributed by atoms with Gasteiger partial charge in [0.25, 0.3) is 0 Å². The van der Waals surface area contributed by atoms with Crippen LogP contribution in [0.15, 0.2) is 30.3 Å². The smallest absolute Gasteiger partial charge is 0.358 e. The molecule has 0 aromatic heterocycles. The summed E-state index contributed by atoms with van der Waals surface area (Å²) in [5.41, 5.74) is 0.880. The van der Waals surface area contributed by atoms with Crippen molar-refractivity contribution in [2.75, 3.05) is 19.0 Å². The second-order valence-electron chi connectivity index (χ2n) is 11.9. The van der Waals surface area contributed by atoms with Crippen LogP contribution in [0.1, 0.15) is 141 Å². The Morgan fingerprint density at radius 1 is 0.744 bits per heavy atom. The molecule has 0 saturated carbocycles. The van der Waals surface area contributed by atoms with E-state index in [1.807, 2.05) is 30.3 Å². The topological polar surface area (TPSA) is 122 Å². The number of hydrogen-bond acceptors (Lipinski definition) is 6. The molecule has 8 nitrogen and oxygen atoms in total. The Bertz CT molecular complexity index is 932. The lowest BCUT2D eigenvalue weighted by Crippen LogP contribution is -2.39. The fourth-order valence-electron chi connectivity index (χ4n) is 5.03. The van der Waals surface area contributed by atoms with E-state index in [9.17, 15) is 23.0 Å². The van der Waals surface area contributed by atoms with Crippen LogP contribution in [0.2, 0.25) is 0 Å². The molecule has 0 aliphatic carbocycles. The van der Waals surface area contributed by atoms with Gasteiger partial charge in [-0.05, 0) is 18.4 Å². The summed E-state index contributed by atoms with van der Waals surface area (Å²) in [4.78, 5) is 10.4. The molecular weight excluding hydrogens is 585 g/mol. The predicted molar refractivity (Wildman–Crippen MR) is 178 cm³/mol. The van der Waals surface area contributed by atoms with Gasteiger partial charge in [0.1, 0.15) is 0 Å². The number of sulfonamides is 1. The zero-order valence-corrected chi connectivity index (χ0v) is 28.8. The molecule has 0 aliphatic rings. The molecule has 0 bridgehead atoms. The van der Waals surface area contributed by atoms with Crippen LogP contribution in [0.4, 0.5) is 0 Å². The highest BCUT2D eigenvalue weighted by atomic mass is 32.2. The minimum absolute atomic E-state index is 0.0310. The molecule has 0 radical (unpaired) electrons. The molecule has 1 aromatic carbocycles. The predicted octanol–water partition coefficient (Wildman–Crippen LogP) is 8.46. The van der Waals surface area contributed by atoms with E-state index in [2.05, 4.69) is 18.6 Å². The van der Waals surface area contributed by atoms with E-state index in [0.29, 0.717) is 12.8 Å². The van der Waals surface area contributed by atoms with Crippen LogP contribution in [0.3, 0.4) is 0 Å². The van der Waals surface area contributed by atoms with E-state index < -0.39 is 29.5 Å². The van der Waals surface area contributed by atoms with E-state index in [1.165, 1.54) is 70.6 Å². The van der Waals surface area contributed by atoms with Gasteiger partial charge in [-0.25, -0.2) is 13.1 Å². The Hall–Kier alpha value is -0.800. The van der Waals surface area contributed by atoms with Gasteiger partial charge < -0.3 is 19.3 Å². The number of aliphatic hydroxyl groups is 1. The van der Waals surface area contributed by atoms with Crippen molar-refractivity contribution in [2.45, 2.75) is 154 Å². The lowest BCUT2D eigenvalue weighted by Gasteiger charge is -2.23. The first kappa shape index (κ1) is 40.2. The van der Waals surface area contributed by atoms with Crippen LogP contribution in [-0.2, 0) is 30.5 Å². The van der Waals surface area contributed by atoms with Crippen LogP contribution in [0.25, 0.3) is 0 Å². The highest BCUT2D eigenvalue weighted by Crippen LogP contribution is 2.46. The van der Waals surface area contributed by atoms with E-state index in [4.69, 9.17) is 9.26 Å². The van der Waals surface area contributed by atoms with Crippen molar-refractivity contribution < 1.29 is 32.2 Å². The molecule has 3 atom stereocenters. The van der Waals surface area contributed by atoms with Gasteiger partial charge in [0.05, 0.1) is 25.6 Å². The molecule has 0 aliphatic heterocycles. The first-order valence-electron chi connectivity index (χ1n) is 17.0. The van der Waals surface area contributed by atoms with Crippen molar-refractivity contribution in [1.29, 1.82) is 0 Å². The first-order chi connectivity index (χ1) is 20.7. The highest BCUT2D eigenvalue weighted by Gasteiger charge is 2.32. The van der Waals surface area contributed by atoms with Crippen molar-refractivity contribution in [3.8, 4) is 0 Å². The molecule has 0 amide bonds. The average molecular weight is 648 g/mol. The SMILES string of the molecule is CCCCCCCCCCCCC(COP(=O)(O)C(O)COCc1ccccc1)NS(=O)(=O)CCCCCCCCCC. The van der Waals surface area contributed by atoms with Gasteiger partial charge in [0.15, 0.2) is 5.85 Å². The summed E-state index contributed by atoms with van der Waals surface area (Å²) in [6.07, 6.45) is 20.7. The second kappa shape index (κ2) is 25.4. The number of rotatable bonds is 30. The number of unbranched alkanes of at least 4 members (excludes halogenated alkanes) is 16. The van der Waals surface area contributed by atoms with Crippen LogP contribution < -0.4 is 4.72 Å². The molecule has 0 heterocycles. The number of benzene rings is 1. The van der Waals surface area contributed by atoms with Gasteiger partial charge in [-0.3, -0.25) is 4.57 Å². The fraction of sp³-hybridized carbons (Fsp3) is 0.818. The molecule has 252 valence electrons. The minimum atomic E-state index is -4.44. The van der Waals surface area contributed by atoms with Crippen molar-refractivity contribution >= 4 is 17.6 Å². The van der Waals surface area contributed by atoms with Gasteiger partial charge >= 0.3 is 7.60 Å². The molecule has 0 fully saturated rings. The normalized spacial score (nSPS) is 14.9. The third-order valence-corrected chi connectivity index (χ3v) is 10.7. The standard InChI is InChI=1S/C33H62NO7PS/c1-3-5-7-9-11-13-14-15-17-22-26-32(34-43(38,39)27-23-18-16-12-10-8-6-4-2)29-41-42(36,37)33(35)30-40-28-31-24-20-19-21-25-31/h19-21,24-25,32-35H,3-18,22-23,26-30H2,1-2H3,(H,36,37). The van der Waals surface area contributed by atoms with Crippen molar-refractivity contribution in [3.63, 3.8) is 0 Å². The second-order valence-corrected chi connectivity index (χ2v) is 15.8. The Morgan fingerprint density at radius 3 is 1.77 bits per heavy atom. The summed E-state index contributed by atoms with van der Waals surface area (Å²) in [7, 11) is -8.00. The zero-order chi connectivity index (χ0) is 31.7. The minimum Gasteiger partial charge on any atom is -0.378 e. The number of ether oxygens (including phenoxy) is 1. The molecule has 0 saturated heterocycles. The molecule has 1 rings (SSSR count). The van der Waals surface area contributed by atoms with Crippen LogP contribution >= 0.6 is 7.60 Å². The first-order valence-corrected chi connectivity index (χ1v) is 20.3. The lowest BCUT2D eigenvalue weighted by atomic mass is 10.0. The van der Waals surface area contributed by atoms with Gasteiger partial charge in [-0.15, -0.1) is 0 Å². The largest absolute Gasteiger partial charge is 0.378 e. The molecule has 43 heavy (non-hydrogen) atoms. The monoisotopic (exact) mass is 647 g/mol. The zero-order valence-electron chi connectivity index (χ0n) is 27.1. The summed E-state index contributed by atoms with van der Waals surface area (Å²) in [5.74, 6) is -1.69. The quantitative estimate of drug-likeness (QED) is 0.0566. The number of nitrogens with one attached hydrogen (secondary N) is 1. The summed E-state index contributed by atoms with van der Waals surface area (Å²) >= 11 is 0. The summed E-state index contributed by atoms with van der Waals surface area (Å²) in [6, 6.07) is 8.69. The third kappa shape index (κ3) is 22.4. The fourth-order valence-corrected chi connectivity index (χ4v) is 7.28. The maximum Gasteiger partial charge on any atom is 0.358 e. The molecule has 3 unspecified atom stereocenters. The van der Waals surface area contributed by atoms with Crippen molar-refractivity contribution in [3.05, 3.63) is 35.9 Å². The van der Waals surface area contributed by atoms with E-state index in [-0.39, 0.29) is 25.6 Å². The van der Waals surface area contributed by atoms with E-state index in [1.54, 1.807) is 0 Å². The molecule has 1 aromatic rings. The van der Waals surface area contributed by atoms with Crippen molar-refractivity contribution in [1.82, 2.24) is 4.72 Å². The van der Waals surface area contributed by atoms with Crippen LogP contribution in [-0.4, -0.2) is 49.3 Å². The summed E-state index contributed by atoms with van der Waals surface area (Å²) < 4.78 is 51.9. The molecule has 3 N–H and O–H groups in total. The van der Waals surface area contributed by atoms with Crippen LogP contribution in [0, 0.1) is 0 Å². The van der Waals surface area contributed by atoms with Crippen molar-refractivity contribution in [2.24, 2.45) is 0 Å². The molecule has 10 heteroatoms. The van der Waals surface area contributed by atoms with Gasteiger partial charge in [0.2, 0.25) is 10.0 Å². The Labute approximate surface area is 263 Å². The van der Waals surface area contributed by atoms with Gasteiger partial charge in [0, 0.05) is 6.04 Å². The Morgan fingerprint density at radius 2 is 1.23 bits per heavy atom. The average Bonchev–Trinajstić information content (AvgIpc) is 2.98. The summed E-state index contributed by atoms with van der Waals surface area (Å²) in [6.45, 7) is 3.96. The highest BCUT2D eigenvalue weighted by molar-refractivity contribution is 7.89. The third-order valence-electron chi connectivity index (χ3n) is 7.73.